The Kier molecular flexibility index (Phi) is 4.67. The molecule has 2 rings (SSSR count). The highest BCUT2D eigenvalue weighted by Gasteiger charge is 2.23. The summed E-state index contributed by atoms with van der Waals surface area (Å²) in [7, 11) is 1.68. The van der Waals surface area contributed by atoms with Crippen LogP contribution in [0.5, 0.6) is 0 Å². The Balaban J connectivity index is 1.84. The lowest BCUT2D eigenvalue weighted by atomic mass is 9.98. The molecule has 0 aromatic carbocycles. The van der Waals surface area contributed by atoms with Crippen molar-refractivity contribution in [3.05, 3.63) is 11.9 Å². The number of ether oxygens (including phenoxy) is 1. The predicted molar refractivity (Wildman–Crippen MR) is 68.2 cm³/mol. The van der Waals surface area contributed by atoms with Crippen molar-refractivity contribution in [1.82, 2.24) is 19.9 Å². The monoisotopic (exact) mass is 282 g/mol. The standard InChI is InChI=1S/C12H18N4O4/c1-20-8-9-2-4-15(5-3-9)11(17)7-16-6-10(12(18)19)13-14-16/h6,9H,2-5,7-8H2,1H3,(H,18,19). The molecule has 20 heavy (non-hydrogen) atoms. The second-order valence-corrected chi connectivity index (χ2v) is 4.89. The van der Waals surface area contributed by atoms with E-state index in [9.17, 15) is 9.59 Å². The summed E-state index contributed by atoms with van der Waals surface area (Å²) in [5.41, 5.74) is -0.156. The number of aromatic nitrogens is 3. The van der Waals surface area contributed by atoms with Crippen LogP contribution >= 0.6 is 0 Å². The molecule has 1 aromatic heterocycles. The van der Waals surface area contributed by atoms with E-state index in [4.69, 9.17) is 9.84 Å². The second kappa shape index (κ2) is 6.47. The summed E-state index contributed by atoms with van der Waals surface area (Å²) in [5, 5.41) is 15.8. The number of carbonyl (C=O) groups excluding carboxylic acids is 1. The van der Waals surface area contributed by atoms with Gasteiger partial charge in [-0.1, -0.05) is 5.21 Å². The average molecular weight is 282 g/mol. The van der Waals surface area contributed by atoms with Crippen LogP contribution in [0.2, 0.25) is 0 Å². The first-order valence-electron chi connectivity index (χ1n) is 6.50. The van der Waals surface area contributed by atoms with Crippen LogP contribution in [-0.2, 0) is 16.1 Å². The first kappa shape index (κ1) is 14.4. The zero-order chi connectivity index (χ0) is 14.5. The molecule has 1 saturated heterocycles. The minimum absolute atomic E-state index is 0.0230. The van der Waals surface area contributed by atoms with Gasteiger partial charge in [-0.05, 0) is 18.8 Å². The molecule has 1 aliphatic heterocycles. The largest absolute Gasteiger partial charge is 0.476 e. The Morgan fingerprint density at radius 2 is 2.15 bits per heavy atom. The number of methoxy groups -OCH3 is 1. The summed E-state index contributed by atoms with van der Waals surface area (Å²) in [4.78, 5) is 24.5. The quantitative estimate of drug-likeness (QED) is 0.807. The summed E-state index contributed by atoms with van der Waals surface area (Å²) in [5.74, 6) is -0.708. The van der Waals surface area contributed by atoms with Gasteiger partial charge in [0, 0.05) is 26.8 Å². The van der Waals surface area contributed by atoms with Crippen molar-refractivity contribution >= 4 is 11.9 Å². The maximum absolute atomic E-state index is 12.1. The fourth-order valence-electron chi connectivity index (χ4n) is 2.30. The van der Waals surface area contributed by atoms with Gasteiger partial charge in [0.1, 0.15) is 6.54 Å². The van der Waals surface area contributed by atoms with E-state index in [0.29, 0.717) is 19.0 Å². The van der Waals surface area contributed by atoms with Crippen LogP contribution in [0.15, 0.2) is 6.20 Å². The molecule has 0 saturated carbocycles. The van der Waals surface area contributed by atoms with E-state index in [1.54, 1.807) is 12.0 Å². The topological polar surface area (TPSA) is 97.5 Å². The summed E-state index contributed by atoms with van der Waals surface area (Å²) in [6, 6.07) is 0. The summed E-state index contributed by atoms with van der Waals surface area (Å²) < 4.78 is 6.37. The van der Waals surface area contributed by atoms with Crippen molar-refractivity contribution in [3.63, 3.8) is 0 Å². The molecule has 1 amide bonds. The van der Waals surface area contributed by atoms with Crippen molar-refractivity contribution in [2.45, 2.75) is 19.4 Å². The van der Waals surface area contributed by atoms with Gasteiger partial charge in [-0.15, -0.1) is 5.10 Å². The molecule has 0 atom stereocenters. The SMILES string of the molecule is COCC1CCN(C(=O)Cn2cc(C(=O)O)nn2)CC1. The number of aromatic carboxylic acids is 1. The fraction of sp³-hybridized carbons (Fsp3) is 0.667. The van der Waals surface area contributed by atoms with E-state index >= 15 is 0 Å². The first-order chi connectivity index (χ1) is 9.60. The number of carboxylic acids is 1. The maximum atomic E-state index is 12.1. The number of hydrogen-bond acceptors (Lipinski definition) is 5. The van der Waals surface area contributed by atoms with Crippen LogP contribution in [-0.4, -0.2) is 63.7 Å². The molecular weight excluding hydrogens is 264 g/mol. The molecule has 0 bridgehead atoms. The van der Waals surface area contributed by atoms with E-state index < -0.39 is 5.97 Å². The van der Waals surface area contributed by atoms with E-state index in [0.717, 1.165) is 19.4 Å². The number of rotatable bonds is 5. The number of carbonyl (C=O) groups is 2. The van der Waals surface area contributed by atoms with Crippen molar-refractivity contribution in [2.75, 3.05) is 26.8 Å². The van der Waals surface area contributed by atoms with Crippen molar-refractivity contribution in [1.29, 1.82) is 0 Å². The van der Waals surface area contributed by atoms with Crippen LogP contribution in [0.1, 0.15) is 23.3 Å². The zero-order valence-electron chi connectivity index (χ0n) is 11.4. The minimum atomic E-state index is -1.15. The Bertz CT molecular complexity index is 480. The van der Waals surface area contributed by atoms with Gasteiger partial charge >= 0.3 is 5.97 Å². The van der Waals surface area contributed by atoms with Crippen LogP contribution in [0.3, 0.4) is 0 Å². The van der Waals surface area contributed by atoms with E-state index in [1.165, 1.54) is 10.9 Å². The van der Waals surface area contributed by atoms with Gasteiger partial charge < -0.3 is 14.7 Å². The number of likely N-dealkylation sites (tertiary alicyclic amines) is 1. The molecule has 8 nitrogen and oxygen atoms in total. The summed E-state index contributed by atoms with van der Waals surface area (Å²) in [6.07, 6.45) is 3.12. The smallest absolute Gasteiger partial charge is 0.358 e. The number of amides is 1. The van der Waals surface area contributed by atoms with Crippen LogP contribution in [0, 0.1) is 5.92 Å². The van der Waals surface area contributed by atoms with Gasteiger partial charge in [-0.2, -0.15) is 0 Å². The summed E-state index contributed by atoms with van der Waals surface area (Å²) >= 11 is 0. The van der Waals surface area contributed by atoms with Gasteiger partial charge in [-0.25, -0.2) is 9.48 Å². The lowest BCUT2D eigenvalue weighted by Crippen LogP contribution is -2.41. The first-order valence-corrected chi connectivity index (χ1v) is 6.50. The van der Waals surface area contributed by atoms with Gasteiger partial charge in [0.25, 0.3) is 0 Å². The Hall–Kier alpha value is -1.96. The lowest BCUT2D eigenvalue weighted by Gasteiger charge is -2.31. The third kappa shape index (κ3) is 3.53. The highest BCUT2D eigenvalue weighted by molar-refractivity contribution is 5.84. The number of piperidine rings is 1. The molecule has 110 valence electrons. The van der Waals surface area contributed by atoms with Gasteiger partial charge in [0.05, 0.1) is 6.20 Å². The molecule has 1 aromatic rings. The number of nitrogens with zero attached hydrogens (tertiary/aromatic N) is 4. The third-order valence-corrected chi connectivity index (χ3v) is 3.42. The predicted octanol–water partition coefficient (Wildman–Crippen LogP) is -0.139. The fourth-order valence-corrected chi connectivity index (χ4v) is 2.30. The zero-order valence-corrected chi connectivity index (χ0v) is 11.4. The van der Waals surface area contributed by atoms with Crippen molar-refractivity contribution in [3.8, 4) is 0 Å². The van der Waals surface area contributed by atoms with Gasteiger partial charge in [-0.3, -0.25) is 4.79 Å². The Morgan fingerprint density at radius 3 is 2.70 bits per heavy atom. The van der Waals surface area contributed by atoms with E-state index in [1.807, 2.05) is 0 Å². The maximum Gasteiger partial charge on any atom is 0.358 e. The number of carboxylic acid groups (broad SMARTS) is 1. The molecule has 0 spiro atoms. The second-order valence-electron chi connectivity index (χ2n) is 4.89. The molecule has 0 radical (unpaired) electrons. The minimum Gasteiger partial charge on any atom is -0.476 e. The van der Waals surface area contributed by atoms with E-state index in [-0.39, 0.29) is 18.1 Å². The van der Waals surface area contributed by atoms with Crippen molar-refractivity contribution in [2.24, 2.45) is 5.92 Å². The van der Waals surface area contributed by atoms with Crippen LogP contribution in [0.25, 0.3) is 0 Å². The number of hydrogen-bond donors (Lipinski definition) is 1. The molecule has 0 unspecified atom stereocenters. The molecule has 8 heteroatoms. The lowest BCUT2D eigenvalue weighted by molar-refractivity contribution is -0.133. The van der Waals surface area contributed by atoms with Crippen LogP contribution < -0.4 is 0 Å². The Labute approximate surface area is 116 Å². The summed E-state index contributed by atoms with van der Waals surface area (Å²) in [6.45, 7) is 2.16. The molecule has 1 N–H and O–H groups in total. The van der Waals surface area contributed by atoms with Gasteiger partial charge in [0.15, 0.2) is 5.69 Å². The third-order valence-electron chi connectivity index (χ3n) is 3.42. The molecular formula is C12H18N4O4. The molecule has 0 aliphatic carbocycles. The van der Waals surface area contributed by atoms with Crippen molar-refractivity contribution < 1.29 is 19.4 Å². The molecule has 2 heterocycles. The van der Waals surface area contributed by atoms with Gasteiger partial charge in [0.2, 0.25) is 5.91 Å². The molecule has 1 fully saturated rings. The van der Waals surface area contributed by atoms with E-state index in [2.05, 4.69) is 10.3 Å². The van der Waals surface area contributed by atoms with Crippen LogP contribution in [0.4, 0.5) is 0 Å². The highest BCUT2D eigenvalue weighted by Crippen LogP contribution is 2.17. The average Bonchev–Trinajstić information content (AvgIpc) is 2.88. The normalized spacial score (nSPS) is 16.4. The Morgan fingerprint density at radius 1 is 1.45 bits per heavy atom. The highest BCUT2D eigenvalue weighted by atomic mass is 16.5. The molecule has 1 aliphatic rings.